The van der Waals surface area contributed by atoms with Gasteiger partial charge in [-0.05, 0) is 49.2 Å². The molecule has 0 aliphatic heterocycles. The molecule has 0 fully saturated rings. The standard InChI is InChI=1S/C16H15NO5/c1-9-6-7-11(8-10(9)2)22-16(21)17-12-4-3-5-13(18)14(12)15(19)20/h3-8,18H,1-2H3,(H,17,21)(H,19,20). The molecule has 1 amide bonds. The summed E-state index contributed by atoms with van der Waals surface area (Å²) in [6, 6.07) is 9.18. The number of hydrogen-bond donors (Lipinski definition) is 3. The fourth-order valence-electron chi connectivity index (χ4n) is 1.89. The number of amides is 1. The van der Waals surface area contributed by atoms with Crippen molar-refractivity contribution >= 4 is 17.7 Å². The summed E-state index contributed by atoms with van der Waals surface area (Å²) in [7, 11) is 0. The third kappa shape index (κ3) is 3.35. The summed E-state index contributed by atoms with van der Waals surface area (Å²) in [6.07, 6.45) is -0.837. The summed E-state index contributed by atoms with van der Waals surface area (Å²) in [6.45, 7) is 3.82. The molecular formula is C16H15NO5. The molecule has 0 saturated carbocycles. The van der Waals surface area contributed by atoms with Gasteiger partial charge in [0.25, 0.3) is 0 Å². The van der Waals surface area contributed by atoms with Gasteiger partial charge in [0.2, 0.25) is 0 Å². The van der Waals surface area contributed by atoms with Crippen LogP contribution in [-0.4, -0.2) is 22.3 Å². The third-order valence-corrected chi connectivity index (χ3v) is 3.18. The van der Waals surface area contributed by atoms with Crippen LogP contribution in [0.15, 0.2) is 36.4 Å². The van der Waals surface area contributed by atoms with Crippen LogP contribution in [0.2, 0.25) is 0 Å². The lowest BCUT2D eigenvalue weighted by atomic mass is 10.1. The highest BCUT2D eigenvalue weighted by molar-refractivity contribution is 6.01. The minimum absolute atomic E-state index is 0.0404. The largest absolute Gasteiger partial charge is 0.507 e. The van der Waals surface area contributed by atoms with Gasteiger partial charge in [-0.1, -0.05) is 12.1 Å². The fourth-order valence-corrected chi connectivity index (χ4v) is 1.89. The highest BCUT2D eigenvalue weighted by Crippen LogP contribution is 2.25. The quantitative estimate of drug-likeness (QED) is 0.808. The second-order valence-corrected chi connectivity index (χ2v) is 4.77. The minimum Gasteiger partial charge on any atom is -0.507 e. The van der Waals surface area contributed by atoms with Crippen molar-refractivity contribution in [2.75, 3.05) is 5.32 Å². The average Bonchev–Trinajstić information content (AvgIpc) is 2.42. The average molecular weight is 301 g/mol. The van der Waals surface area contributed by atoms with Gasteiger partial charge in [-0.2, -0.15) is 0 Å². The van der Waals surface area contributed by atoms with Crippen LogP contribution in [-0.2, 0) is 0 Å². The molecule has 6 heteroatoms. The van der Waals surface area contributed by atoms with Crippen LogP contribution >= 0.6 is 0 Å². The first kappa shape index (κ1) is 15.4. The molecule has 2 aromatic carbocycles. The Morgan fingerprint density at radius 3 is 2.45 bits per heavy atom. The lowest BCUT2D eigenvalue weighted by Gasteiger charge is -2.10. The number of carboxylic acids is 1. The van der Waals surface area contributed by atoms with Gasteiger partial charge < -0.3 is 14.9 Å². The number of carbonyl (C=O) groups is 2. The van der Waals surface area contributed by atoms with E-state index in [0.717, 1.165) is 11.1 Å². The predicted molar refractivity (Wildman–Crippen MR) is 80.6 cm³/mol. The molecule has 0 unspecified atom stereocenters. The van der Waals surface area contributed by atoms with E-state index < -0.39 is 17.8 Å². The van der Waals surface area contributed by atoms with E-state index in [4.69, 9.17) is 9.84 Å². The molecule has 114 valence electrons. The molecule has 6 nitrogen and oxygen atoms in total. The Bertz CT molecular complexity index is 739. The molecule has 0 spiro atoms. The van der Waals surface area contributed by atoms with Gasteiger partial charge in [0.05, 0.1) is 5.69 Å². The van der Waals surface area contributed by atoms with E-state index in [-0.39, 0.29) is 11.3 Å². The Kier molecular flexibility index (Phi) is 4.31. The van der Waals surface area contributed by atoms with Gasteiger partial charge in [-0.3, -0.25) is 5.32 Å². The SMILES string of the molecule is Cc1ccc(OC(=O)Nc2cccc(O)c2C(=O)O)cc1C. The highest BCUT2D eigenvalue weighted by atomic mass is 16.6. The van der Waals surface area contributed by atoms with Crippen LogP contribution < -0.4 is 10.1 Å². The monoisotopic (exact) mass is 301 g/mol. The van der Waals surface area contributed by atoms with E-state index in [0.29, 0.717) is 5.75 Å². The Hall–Kier alpha value is -3.02. The lowest BCUT2D eigenvalue weighted by Crippen LogP contribution is -2.18. The second-order valence-electron chi connectivity index (χ2n) is 4.77. The number of hydrogen-bond acceptors (Lipinski definition) is 4. The van der Waals surface area contributed by atoms with E-state index in [1.54, 1.807) is 12.1 Å². The Labute approximate surface area is 127 Å². The number of nitrogens with one attached hydrogen (secondary N) is 1. The summed E-state index contributed by atoms with van der Waals surface area (Å²) in [5.74, 6) is -1.44. The number of anilines is 1. The number of aryl methyl sites for hydroxylation is 2. The molecule has 0 aromatic heterocycles. The second kappa shape index (κ2) is 6.17. The first-order valence-corrected chi connectivity index (χ1v) is 6.50. The molecule has 0 aliphatic carbocycles. The first-order chi connectivity index (χ1) is 10.4. The number of aromatic hydroxyl groups is 1. The zero-order valence-corrected chi connectivity index (χ0v) is 12.1. The van der Waals surface area contributed by atoms with E-state index in [9.17, 15) is 14.7 Å². The molecule has 0 aliphatic rings. The van der Waals surface area contributed by atoms with E-state index in [1.807, 2.05) is 19.9 Å². The summed E-state index contributed by atoms with van der Waals surface area (Å²) in [5, 5.41) is 20.9. The Balaban J connectivity index is 2.17. The van der Waals surface area contributed by atoms with Gasteiger partial charge in [0, 0.05) is 0 Å². The number of rotatable bonds is 3. The van der Waals surface area contributed by atoms with E-state index in [2.05, 4.69) is 5.32 Å². The van der Waals surface area contributed by atoms with Crippen LogP contribution in [0.4, 0.5) is 10.5 Å². The maximum Gasteiger partial charge on any atom is 0.417 e. The molecular weight excluding hydrogens is 286 g/mol. The molecule has 0 radical (unpaired) electrons. The molecule has 0 bridgehead atoms. The summed E-state index contributed by atoms with van der Waals surface area (Å²) >= 11 is 0. The van der Waals surface area contributed by atoms with Gasteiger partial charge in [-0.25, -0.2) is 9.59 Å². The predicted octanol–water partition coefficient (Wildman–Crippen LogP) is 3.32. The molecule has 0 heterocycles. The maximum absolute atomic E-state index is 11.9. The van der Waals surface area contributed by atoms with Crippen LogP contribution in [0.5, 0.6) is 11.5 Å². The van der Waals surface area contributed by atoms with Crippen molar-refractivity contribution in [3.05, 3.63) is 53.1 Å². The van der Waals surface area contributed by atoms with E-state index in [1.165, 1.54) is 18.2 Å². The van der Waals surface area contributed by atoms with Crippen molar-refractivity contribution in [2.24, 2.45) is 0 Å². The van der Waals surface area contributed by atoms with Crippen molar-refractivity contribution < 1.29 is 24.5 Å². The van der Waals surface area contributed by atoms with Gasteiger partial charge in [-0.15, -0.1) is 0 Å². The molecule has 0 saturated heterocycles. The normalized spacial score (nSPS) is 10.1. The maximum atomic E-state index is 11.9. The number of phenols is 1. The lowest BCUT2D eigenvalue weighted by molar-refractivity contribution is 0.0695. The molecule has 3 N–H and O–H groups in total. The van der Waals surface area contributed by atoms with Crippen molar-refractivity contribution in [1.29, 1.82) is 0 Å². The zero-order valence-electron chi connectivity index (χ0n) is 12.1. The summed E-state index contributed by atoms with van der Waals surface area (Å²) in [4.78, 5) is 23.0. The topological polar surface area (TPSA) is 95.9 Å². The van der Waals surface area contributed by atoms with Crippen LogP contribution in [0, 0.1) is 13.8 Å². The third-order valence-electron chi connectivity index (χ3n) is 3.18. The van der Waals surface area contributed by atoms with Crippen LogP contribution in [0.25, 0.3) is 0 Å². The van der Waals surface area contributed by atoms with E-state index >= 15 is 0 Å². The smallest absolute Gasteiger partial charge is 0.417 e. The Morgan fingerprint density at radius 1 is 1.09 bits per heavy atom. The summed E-state index contributed by atoms with van der Waals surface area (Å²) in [5.41, 5.74) is 1.60. The van der Waals surface area contributed by atoms with Crippen LogP contribution in [0.1, 0.15) is 21.5 Å². The van der Waals surface area contributed by atoms with Gasteiger partial charge in [0.1, 0.15) is 17.1 Å². The fraction of sp³-hybridized carbons (Fsp3) is 0.125. The number of ether oxygens (including phenoxy) is 1. The van der Waals surface area contributed by atoms with Gasteiger partial charge in [0.15, 0.2) is 0 Å². The van der Waals surface area contributed by atoms with Gasteiger partial charge >= 0.3 is 12.1 Å². The summed E-state index contributed by atoms with van der Waals surface area (Å²) < 4.78 is 5.10. The van der Waals surface area contributed by atoms with Crippen LogP contribution in [0.3, 0.4) is 0 Å². The van der Waals surface area contributed by atoms with Crippen molar-refractivity contribution in [1.82, 2.24) is 0 Å². The van der Waals surface area contributed by atoms with Crippen molar-refractivity contribution in [3.63, 3.8) is 0 Å². The number of carbonyl (C=O) groups excluding carboxylic acids is 1. The minimum atomic E-state index is -1.35. The molecule has 2 rings (SSSR count). The Morgan fingerprint density at radius 2 is 1.82 bits per heavy atom. The van der Waals surface area contributed by atoms with Crippen molar-refractivity contribution in [2.45, 2.75) is 13.8 Å². The molecule has 22 heavy (non-hydrogen) atoms. The highest BCUT2D eigenvalue weighted by Gasteiger charge is 2.17. The number of aromatic carboxylic acids is 1. The zero-order chi connectivity index (χ0) is 16.3. The number of carboxylic acid groups (broad SMARTS) is 1. The first-order valence-electron chi connectivity index (χ1n) is 6.50. The van der Waals surface area contributed by atoms with Crippen molar-refractivity contribution in [3.8, 4) is 11.5 Å². The molecule has 0 atom stereocenters. The molecule has 2 aromatic rings. The number of benzene rings is 2.